The van der Waals surface area contributed by atoms with Gasteiger partial charge >= 0.3 is 5.69 Å². The van der Waals surface area contributed by atoms with E-state index in [1.54, 1.807) is 42.5 Å². The lowest BCUT2D eigenvalue weighted by molar-refractivity contribution is 0.369. The maximum atomic E-state index is 13.4. The first-order valence-electron chi connectivity index (χ1n) is 10.4. The van der Waals surface area contributed by atoms with E-state index in [9.17, 15) is 9.59 Å². The summed E-state index contributed by atoms with van der Waals surface area (Å²) >= 11 is 6.06. The van der Waals surface area contributed by atoms with E-state index in [2.05, 4.69) is 10.1 Å². The highest BCUT2D eigenvalue weighted by molar-refractivity contribution is 6.30. The van der Waals surface area contributed by atoms with Crippen LogP contribution in [0.5, 0.6) is 0 Å². The van der Waals surface area contributed by atoms with Gasteiger partial charge in [0.05, 0.1) is 10.9 Å². The van der Waals surface area contributed by atoms with Crippen molar-refractivity contribution in [2.24, 2.45) is 0 Å². The van der Waals surface area contributed by atoms with Gasteiger partial charge in [0.1, 0.15) is 6.54 Å². The molecule has 0 bridgehead atoms. The average Bonchev–Trinajstić information content (AvgIpc) is 3.31. The first-order chi connectivity index (χ1) is 16.1. The van der Waals surface area contributed by atoms with Gasteiger partial charge in [-0.1, -0.05) is 71.4 Å². The van der Waals surface area contributed by atoms with Gasteiger partial charge in [-0.25, -0.2) is 4.79 Å². The molecule has 5 aromatic rings. The van der Waals surface area contributed by atoms with Crippen molar-refractivity contribution in [3.63, 3.8) is 0 Å². The van der Waals surface area contributed by atoms with E-state index in [-0.39, 0.29) is 24.5 Å². The number of aromatic nitrogens is 4. The zero-order chi connectivity index (χ0) is 22.8. The Balaban J connectivity index is 1.54. The molecule has 164 valence electrons. The van der Waals surface area contributed by atoms with Gasteiger partial charge < -0.3 is 4.52 Å². The van der Waals surface area contributed by atoms with Crippen LogP contribution in [-0.4, -0.2) is 19.3 Å². The summed E-state index contributed by atoms with van der Waals surface area (Å²) in [4.78, 5) is 30.9. The third kappa shape index (κ3) is 4.23. The molecular formula is C25H19ClN4O3. The number of nitrogens with zero attached hydrogens (tertiary/aromatic N) is 4. The molecule has 5 rings (SSSR count). The van der Waals surface area contributed by atoms with Gasteiger partial charge in [0, 0.05) is 17.1 Å². The van der Waals surface area contributed by atoms with Crippen LogP contribution in [0.2, 0.25) is 5.02 Å². The molecule has 8 heteroatoms. The maximum absolute atomic E-state index is 13.4. The molecule has 0 amide bonds. The second-order valence-corrected chi connectivity index (χ2v) is 8.04. The standard InChI is InChI=1S/C25H19ClN4O3/c26-19-10-6-9-18(15-19)23-27-22(33-28-23)16-30-21-12-5-4-11-20(21)24(31)29(25(30)32)14-13-17-7-2-1-3-8-17/h1-12,15H,13-14,16H2. The molecule has 0 aliphatic heterocycles. The van der Waals surface area contributed by atoms with E-state index in [0.29, 0.717) is 33.7 Å². The number of rotatable bonds is 6. The summed E-state index contributed by atoms with van der Waals surface area (Å²) in [5.41, 5.74) is 1.55. The molecule has 0 saturated carbocycles. The summed E-state index contributed by atoms with van der Waals surface area (Å²) in [6, 6.07) is 23.9. The Bertz CT molecular complexity index is 1550. The van der Waals surface area contributed by atoms with Crippen molar-refractivity contribution in [3.8, 4) is 11.4 Å². The number of benzene rings is 3. The molecule has 3 aromatic carbocycles. The highest BCUT2D eigenvalue weighted by Crippen LogP contribution is 2.20. The van der Waals surface area contributed by atoms with Crippen LogP contribution in [0, 0.1) is 0 Å². The van der Waals surface area contributed by atoms with Crippen LogP contribution in [0.1, 0.15) is 11.5 Å². The first kappa shape index (κ1) is 20.9. The molecule has 0 fully saturated rings. The molecule has 0 atom stereocenters. The molecule has 0 unspecified atom stereocenters. The summed E-state index contributed by atoms with van der Waals surface area (Å²) in [5, 5.41) is 5.04. The number of hydrogen-bond acceptors (Lipinski definition) is 5. The minimum Gasteiger partial charge on any atom is -0.337 e. The summed E-state index contributed by atoms with van der Waals surface area (Å²) in [6.45, 7) is 0.308. The van der Waals surface area contributed by atoms with Crippen LogP contribution in [0.25, 0.3) is 22.3 Å². The number of hydrogen-bond donors (Lipinski definition) is 0. The fourth-order valence-corrected chi connectivity index (χ4v) is 4.00. The number of aryl methyl sites for hydroxylation is 1. The summed E-state index contributed by atoms with van der Waals surface area (Å²) in [7, 11) is 0. The van der Waals surface area contributed by atoms with Crippen molar-refractivity contribution in [1.82, 2.24) is 19.3 Å². The van der Waals surface area contributed by atoms with Crippen molar-refractivity contribution in [2.45, 2.75) is 19.5 Å². The van der Waals surface area contributed by atoms with Gasteiger partial charge in [0.25, 0.3) is 5.56 Å². The fraction of sp³-hybridized carbons (Fsp3) is 0.120. The van der Waals surface area contributed by atoms with Gasteiger partial charge in [0.15, 0.2) is 0 Å². The van der Waals surface area contributed by atoms with E-state index in [0.717, 1.165) is 5.56 Å². The SMILES string of the molecule is O=c1c2ccccc2n(Cc2nc(-c3cccc(Cl)c3)no2)c(=O)n1CCc1ccccc1. The Morgan fingerprint density at radius 2 is 1.67 bits per heavy atom. The lowest BCUT2D eigenvalue weighted by atomic mass is 10.1. The van der Waals surface area contributed by atoms with Gasteiger partial charge in [-0.2, -0.15) is 4.98 Å². The minimum absolute atomic E-state index is 0.0402. The molecule has 0 aliphatic carbocycles. The fourth-order valence-electron chi connectivity index (χ4n) is 3.81. The van der Waals surface area contributed by atoms with Crippen LogP contribution in [0.3, 0.4) is 0 Å². The zero-order valence-electron chi connectivity index (χ0n) is 17.5. The quantitative estimate of drug-likeness (QED) is 0.381. The lowest BCUT2D eigenvalue weighted by Crippen LogP contribution is -2.40. The predicted molar refractivity (Wildman–Crippen MR) is 126 cm³/mol. The number of para-hydroxylation sites is 1. The molecule has 2 heterocycles. The second kappa shape index (κ2) is 8.88. The summed E-state index contributed by atoms with van der Waals surface area (Å²) < 4.78 is 8.18. The molecule has 33 heavy (non-hydrogen) atoms. The lowest BCUT2D eigenvalue weighted by Gasteiger charge is -2.12. The van der Waals surface area contributed by atoms with Gasteiger partial charge in [-0.3, -0.25) is 13.9 Å². The molecule has 0 radical (unpaired) electrons. The third-order valence-electron chi connectivity index (χ3n) is 5.44. The average molecular weight is 459 g/mol. The van der Waals surface area contributed by atoms with E-state index < -0.39 is 5.69 Å². The van der Waals surface area contributed by atoms with Gasteiger partial charge in [-0.05, 0) is 36.2 Å². The molecule has 0 N–H and O–H groups in total. The molecular weight excluding hydrogens is 440 g/mol. The second-order valence-electron chi connectivity index (χ2n) is 7.60. The topological polar surface area (TPSA) is 82.9 Å². The van der Waals surface area contributed by atoms with E-state index in [1.807, 2.05) is 36.4 Å². The minimum atomic E-state index is -0.419. The number of halogens is 1. The summed E-state index contributed by atoms with van der Waals surface area (Å²) in [5.74, 6) is 0.632. The van der Waals surface area contributed by atoms with Crippen molar-refractivity contribution in [1.29, 1.82) is 0 Å². The van der Waals surface area contributed by atoms with Gasteiger partial charge in [-0.15, -0.1) is 0 Å². The highest BCUT2D eigenvalue weighted by atomic mass is 35.5. The number of fused-ring (bicyclic) bond motifs is 1. The Morgan fingerprint density at radius 1 is 0.879 bits per heavy atom. The third-order valence-corrected chi connectivity index (χ3v) is 5.68. The first-order valence-corrected chi connectivity index (χ1v) is 10.8. The zero-order valence-corrected chi connectivity index (χ0v) is 18.3. The summed E-state index contributed by atoms with van der Waals surface area (Å²) in [6.07, 6.45) is 0.563. The van der Waals surface area contributed by atoms with Crippen LogP contribution in [0.15, 0.2) is 93.0 Å². The van der Waals surface area contributed by atoms with Crippen LogP contribution in [-0.2, 0) is 19.5 Å². The predicted octanol–water partition coefficient (Wildman–Crippen LogP) is 4.16. The molecule has 0 aliphatic rings. The highest BCUT2D eigenvalue weighted by Gasteiger charge is 2.16. The van der Waals surface area contributed by atoms with Crippen LogP contribution in [0.4, 0.5) is 0 Å². The smallest absolute Gasteiger partial charge is 0.331 e. The largest absolute Gasteiger partial charge is 0.337 e. The van der Waals surface area contributed by atoms with Crippen molar-refractivity contribution < 1.29 is 4.52 Å². The molecule has 2 aromatic heterocycles. The normalized spacial score (nSPS) is 11.2. The van der Waals surface area contributed by atoms with E-state index in [1.165, 1.54) is 9.13 Å². The van der Waals surface area contributed by atoms with Gasteiger partial charge in [0.2, 0.25) is 11.7 Å². The monoisotopic (exact) mass is 458 g/mol. The Kier molecular flexibility index (Phi) is 5.62. The van der Waals surface area contributed by atoms with Crippen LogP contribution >= 0.6 is 11.6 Å². The van der Waals surface area contributed by atoms with E-state index >= 15 is 0 Å². The van der Waals surface area contributed by atoms with Crippen LogP contribution < -0.4 is 11.2 Å². The molecule has 0 spiro atoms. The Morgan fingerprint density at radius 3 is 2.48 bits per heavy atom. The Labute approximate surface area is 193 Å². The molecule has 7 nitrogen and oxygen atoms in total. The van der Waals surface area contributed by atoms with Crippen molar-refractivity contribution in [3.05, 3.63) is 116 Å². The maximum Gasteiger partial charge on any atom is 0.331 e. The van der Waals surface area contributed by atoms with Crippen molar-refractivity contribution >= 4 is 22.5 Å². The Hall–Kier alpha value is -3.97. The van der Waals surface area contributed by atoms with Crippen molar-refractivity contribution in [2.75, 3.05) is 0 Å². The van der Waals surface area contributed by atoms with E-state index in [4.69, 9.17) is 16.1 Å². The molecule has 0 saturated heterocycles.